The van der Waals surface area contributed by atoms with Gasteiger partial charge in [0.2, 0.25) is 0 Å². The Morgan fingerprint density at radius 2 is 1.88 bits per heavy atom. The van der Waals surface area contributed by atoms with Crippen molar-refractivity contribution in [2.45, 2.75) is 44.8 Å². The van der Waals surface area contributed by atoms with Crippen LogP contribution < -0.4 is 5.32 Å². The van der Waals surface area contributed by atoms with Crippen LogP contribution in [-0.4, -0.2) is 44.3 Å². The van der Waals surface area contributed by atoms with Crippen molar-refractivity contribution in [3.05, 3.63) is 0 Å². The molecule has 0 spiro atoms. The molecule has 98 valence electrons. The van der Waals surface area contributed by atoms with Gasteiger partial charge in [0.25, 0.3) is 0 Å². The van der Waals surface area contributed by atoms with E-state index in [4.69, 9.17) is 0 Å². The van der Waals surface area contributed by atoms with Crippen molar-refractivity contribution in [3.8, 4) is 0 Å². The average molecular weight is 240 g/mol. The van der Waals surface area contributed by atoms with Gasteiger partial charge in [0.15, 0.2) is 0 Å². The van der Waals surface area contributed by atoms with Gasteiger partial charge in [-0.05, 0) is 39.9 Å². The monoisotopic (exact) mass is 240 g/mol. The molecule has 0 aromatic carbocycles. The molecule has 0 radical (unpaired) electrons. The highest BCUT2D eigenvalue weighted by molar-refractivity contribution is 4.64. The summed E-state index contributed by atoms with van der Waals surface area (Å²) < 4.78 is 35.8. The lowest BCUT2D eigenvalue weighted by atomic mass is 10.1. The summed E-state index contributed by atoms with van der Waals surface area (Å²) in [7, 11) is 3.66. The molecule has 0 amide bonds. The summed E-state index contributed by atoms with van der Waals surface area (Å²) >= 11 is 0. The smallest absolute Gasteiger partial charge is 0.317 e. The molecule has 0 aromatic heterocycles. The fraction of sp³-hybridized carbons (Fsp3) is 1.00. The quantitative estimate of drug-likeness (QED) is 0.701. The van der Waals surface area contributed by atoms with E-state index in [0.717, 1.165) is 25.8 Å². The molecule has 0 saturated carbocycles. The second-order valence-corrected chi connectivity index (χ2v) is 4.20. The third kappa shape index (κ3) is 8.97. The fourth-order valence-corrected chi connectivity index (χ4v) is 1.59. The molecule has 0 saturated heterocycles. The first kappa shape index (κ1) is 15.7. The number of rotatable bonds is 8. The number of nitrogens with one attached hydrogen (secondary N) is 1. The number of alkyl halides is 3. The number of nitrogens with zero attached hydrogens (tertiary/aromatic N) is 1. The van der Waals surface area contributed by atoms with Gasteiger partial charge in [-0.15, -0.1) is 0 Å². The van der Waals surface area contributed by atoms with E-state index in [1.165, 1.54) is 0 Å². The zero-order valence-corrected chi connectivity index (χ0v) is 10.4. The van der Waals surface area contributed by atoms with Crippen molar-refractivity contribution in [3.63, 3.8) is 0 Å². The fourth-order valence-electron chi connectivity index (χ4n) is 1.59. The maximum Gasteiger partial charge on any atom is 0.390 e. The van der Waals surface area contributed by atoms with Crippen LogP contribution in [0.4, 0.5) is 13.2 Å². The average Bonchev–Trinajstić information content (AvgIpc) is 2.20. The molecule has 0 heterocycles. The molecule has 5 heteroatoms. The summed E-state index contributed by atoms with van der Waals surface area (Å²) in [5.74, 6) is 0. The summed E-state index contributed by atoms with van der Waals surface area (Å²) in [6, 6.07) is 0.482. The lowest BCUT2D eigenvalue weighted by molar-refractivity contribution is -0.137. The summed E-state index contributed by atoms with van der Waals surface area (Å²) in [5.41, 5.74) is 0. The Morgan fingerprint density at radius 1 is 1.25 bits per heavy atom. The Balaban J connectivity index is 3.54. The maximum atomic E-state index is 11.9. The van der Waals surface area contributed by atoms with Gasteiger partial charge in [-0.2, -0.15) is 13.2 Å². The molecule has 0 fully saturated rings. The first-order chi connectivity index (χ1) is 7.39. The van der Waals surface area contributed by atoms with E-state index in [2.05, 4.69) is 12.2 Å². The molecular weight excluding hydrogens is 217 g/mol. The first-order valence-electron chi connectivity index (χ1n) is 5.81. The first-order valence-corrected chi connectivity index (χ1v) is 5.81. The Bertz CT molecular complexity index is 167. The van der Waals surface area contributed by atoms with E-state index in [-0.39, 0.29) is 6.54 Å². The van der Waals surface area contributed by atoms with Gasteiger partial charge in [-0.3, -0.25) is 0 Å². The van der Waals surface area contributed by atoms with Crippen LogP contribution in [-0.2, 0) is 0 Å². The SMILES string of the molecule is CCC(CCCN(C)CCC(F)(F)F)NC. The molecule has 1 unspecified atom stereocenters. The lowest BCUT2D eigenvalue weighted by Crippen LogP contribution is -2.28. The molecule has 2 nitrogen and oxygen atoms in total. The van der Waals surface area contributed by atoms with Gasteiger partial charge in [0.05, 0.1) is 6.42 Å². The van der Waals surface area contributed by atoms with Crippen LogP contribution in [0.3, 0.4) is 0 Å². The van der Waals surface area contributed by atoms with Gasteiger partial charge in [0.1, 0.15) is 0 Å². The van der Waals surface area contributed by atoms with Crippen molar-refractivity contribution in [2.24, 2.45) is 0 Å². The summed E-state index contributed by atoms with van der Waals surface area (Å²) in [6.07, 6.45) is -1.74. The third-order valence-electron chi connectivity index (χ3n) is 2.77. The molecular formula is C11H23F3N2. The van der Waals surface area contributed by atoms with E-state index < -0.39 is 12.6 Å². The van der Waals surface area contributed by atoms with Crippen LogP contribution in [0.1, 0.15) is 32.6 Å². The molecule has 1 N–H and O–H groups in total. The molecule has 0 rings (SSSR count). The lowest BCUT2D eigenvalue weighted by Gasteiger charge is -2.19. The van der Waals surface area contributed by atoms with Crippen LogP contribution in [0.15, 0.2) is 0 Å². The van der Waals surface area contributed by atoms with E-state index in [9.17, 15) is 13.2 Å². The topological polar surface area (TPSA) is 15.3 Å². The van der Waals surface area contributed by atoms with E-state index in [0.29, 0.717) is 6.04 Å². The molecule has 16 heavy (non-hydrogen) atoms. The standard InChI is InChI=1S/C11H23F3N2/c1-4-10(15-2)6-5-8-16(3)9-7-11(12,13)14/h10,15H,4-9H2,1-3H3. The van der Waals surface area contributed by atoms with Crippen LogP contribution >= 0.6 is 0 Å². The highest BCUT2D eigenvalue weighted by Gasteiger charge is 2.26. The van der Waals surface area contributed by atoms with E-state index in [1.54, 1.807) is 11.9 Å². The normalized spacial score (nSPS) is 14.4. The molecule has 0 aromatic rings. The van der Waals surface area contributed by atoms with Crippen molar-refractivity contribution in [1.29, 1.82) is 0 Å². The zero-order chi connectivity index (χ0) is 12.6. The predicted molar refractivity (Wildman–Crippen MR) is 60.5 cm³/mol. The maximum absolute atomic E-state index is 11.9. The van der Waals surface area contributed by atoms with Gasteiger partial charge < -0.3 is 10.2 Å². The Morgan fingerprint density at radius 3 is 2.31 bits per heavy atom. The highest BCUT2D eigenvalue weighted by atomic mass is 19.4. The minimum Gasteiger partial charge on any atom is -0.317 e. The van der Waals surface area contributed by atoms with Crippen LogP contribution in [0.2, 0.25) is 0 Å². The summed E-state index contributed by atoms with van der Waals surface area (Å²) in [6.45, 7) is 2.93. The number of hydrogen-bond donors (Lipinski definition) is 1. The molecule has 0 aliphatic carbocycles. The van der Waals surface area contributed by atoms with Crippen molar-refractivity contribution >= 4 is 0 Å². The second-order valence-electron chi connectivity index (χ2n) is 4.20. The Hall–Kier alpha value is -0.290. The molecule has 0 bridgehead atoms. The van der Waals surface area contributed by atoms with Crippen molar-refractivity contribution in [2.75, 3.05) is 27.2 Å². The van der Waals surface area contributed by atoms with E-state index in [1.807, 2.05) is 7.05 Å². The number of hydrogen-bond acceptors (Lipinski definition) is 2. The second kappa shape index (κ2) is 7.90. The van der Waals surface area contributed by atoms with Crippen LogP contribution in [0, 0.1) is 0 Å². The van der Waals surface area contributed by atoms with Crippen molar-refractivity contribution < 1.29 is 13.2 Å². The minimum atomic E-state index is -4.04. The summed E-state index contributed by atoms with van der Waals surface area (Å²) in [5, 5.41) is 3.18. The predicted octanol–water partition coefficient (Wildman–Crippen LogP) is 2.65. The van der Waals surface area contributed by atoms with E-state index >= 15 is 0 Å². The van der Waals surface area contributed by atoms with Crippen LogP contribution in [0.25, 0.3) is 0 Å². The van der Waals surface area contributed by atoms with Gasteiger partial charge in [-0.25, -0.2) is 0 Å². The molecule has 0 aliphatic rings. The molecule has 1 atom stereocenters. The van der Waals surface area contributed by atoms with Crippen molar-refractivity contribution in [1.82, 2.24) is 10.2 Å². The van der Waals surface area contributed by atoms with Gasteiger partial charge >= 0.3 is 6.18 Å². The Labute approximate surface area is 96.2 Å². The third-order valence-corrected chi connectivity index (χ3v) is 2.77. The minimum absolute atomic E-state index is 0.0971. The van der Waals surface area contributed by atoms with Crippen LogP contribution in [0.5, 0.6) is 0 Å². The van der Waals surface area contributed by atoms with Gasteiger partial charge in [0, 0.05) is 12.6 Å². The highest BCUT2D eigenvalue weighted by Crippen LogP contribution is 2.19. The molecule has 0 aliphatic heterocycles. The zero-order valence-electron chi connectivity index (χ0n) is 10.4. The largest absolute Gasteiger partial charge is 0.390 e. The van der Waals surface area contributed by atoms with Gasteiger partial charge in [-0.1, -0.05) is 6.92 Å². The Kier molecular flexibility index (Phi) is 7.76. The summed E-state index contributed by atoms with van der Waals surface area (Å²) in [4.78, 5) is 1.75. The number of halogens is 3.